The highest BCUT2D eigenvalue weighted by molar-refractivity contribution is 5.94. The Kier molecular flexibility index (Phi) is 3.51. The minimum atomic E-state index is 0.0745. The summed E-state index contributed by atoms with van der Waals surface area (Å²) in [5.74, 6) is 1.50. The summed E-state index contributed by atoms with van der Waals surface area (Å²) in [7, 11) is 0. The van der Waals surface area contributed by atoms with Gasteiger partial charge in [0.1, 0.15) is 11.5 Å². The number of H-pyrrole nitrogens is 1. The average molecular weight is 348 g/mol. The Morgan fingerprint density at radius 2 is 2.04 bits per heavy atom. The molecule has 1 aliphatic carbocycles. The van der Waals surface area contributed by atoms with Crippen LogP contribution in [0.1, 0.15) is 31.2 Å². The maximum Gasteiger partial charge on any atom is 0.231 e. The third-order valence-electron chi connectivity index (χ3n) is 5.12. The number of hydrogen-bond donors (Lipinski definition) is 4. The van der Waals surface area contributed by atoms with E-state index in [1.165, 1.54) is 19.3 Å². The predicted molar refractivity (Wildman–Crippen MR) is 102 cm³/mol. The molecule has 132 valence electrons. The van der Waals surface area contributed by atoms with Crippen LogP contribution < -0.4 is 16.0 Å². The molecule has 1 amide bonds. The second-order valence-electron chi connectivity index (χ2n) is 6.95. The van der Waals surface area contributed by atoms with E-state index in [9.17, 15) is 4.79 Å². The highest BCUT2D eigenvalue weighted by Gasteiger charge is 2.20. The van der Waals surface area contributed by atoms with Crippen LogP contribution in [0.25, 0.3) is 11.0 Å². The zero-order valence-electron chi connectivity index (χ0n) is 14.3. The molecule has 0 saturated heterocycles. The summed E-state index contributed by atoms with van der Waals surface area (Å²) in [6, 6.07) is 8.42. The lowest BCUT2D eigenvalue weighted by Crippen LogP contribution is -2.27. The number of amides is 1. The smallest absolute Gasteiger partial charge is 0.231 e. The number of aryl methyl sites for hydroxylation is 1. The van der Waals surface area contributed by atoms with E-state index in [1.807, 2.05) is 24.4 Å². The van der Waals surface area contributed by atoms with Gasteiger partial charge >= 0.3 is 0 Å². The highest BCUT2D eigenvalue weighted by atomic mass is 16.1. The van der Waals surface area contributed by atoms with E-state index in [0.717, 1.165) is 40.2 Å². The lowest BCUT2D eigenvalue weighted by molar-refractivity contribution is -0.116. The van der Waals surface area contributed by atoms with E-state index in [2.05, 4.69) is 32.0 Å². The van der Waals surface area contributed by atoms with Crippen molar-refractivity contribution >= 4 is 40.1 Å². The van der Waals surface area contributed by atoms with Crippen LogP contribution in [0, 0.1) is 0 Å². The van der Waals surface area contributed by atoms with Crippen molar-refractivity contribution in [3.05, 3.63) is 36.0 Å². The zero-order valence-corrected chi connectivity index (χ0v) is 14.3. The summed E-state index contributed by atoms with van der Waals surface area (Å²) in [6.45, 7) is 0. The van der Waals surface area contributed by atoms with Crippen molar-refractivity contribution in [2.75, 3.05) is 16.0 Å². The Bertz CT molecular complexity index is 991. The molecule has 26 heavy (non-hydrogen) atoms. The van der Waals surface area contributed by atoms with Crippen LogP contribution in [-0.2, 0) is 11.2 Å². The minimum Gasteiger partial charge on any atom is -0.367 e. The van der Waals surface area contributed by atoms with Gasteiger partial charge in [0.15, 0.2) is 0 Å². The number of anilines is 4. The fraction of sp³-hybridized carbons (Fsp3) is 0.316. The molecular weight excluding hydrogens is 328 g/mol. The number of benzene rings is 1. The van der Waals surface area contributed by atoms with Crippen LogP contribution in [0.4, 0.5) is 23.1 Å². The number of fused-ring (bicyclic) bond motifs is 2. The van der Waals surface area contributed by atoms with Gasteiger partial charge in [0.2, 0.25) is 11.9 Å². The summed E-state index contributed by atoms with van der Waals surface area (Å²) < 4.78 is 0. The molecule has 2 aliphatic rings. The second-order valence-corrected chi connectivity index (χ2v) is 6.95. The largest absolute Gasteiger partial charge is 0.367 e. The molecule has 0 unspecified atom stereocenters. The number of carbonyl (C=O) groups excluding carboxylic acids is 1. The van der Waals surface area contributed by atoms with E-state index in [-0.39, 0.29) is 5.91 Å². The molecule has 7 heteroatoms. The van der Waals surface area contributed by atoms with E-state index in [1.54, 1.807) is 0 Å². The van der Waals surface area contributed by atoms with Crippen molar-refractivity contribution in [2.24, 2.45) is 0 Å². The van der Waals surface area contributed by atoms with Gasteiger partial charge in [-0.25, -0.2) is 0 Å². The predicted octanol–water partition coefficient (Wildman–Crippen LogP) is 3.55. The fourth-order valence-electron chi connectivity index (χ4n) is 3.44. The molecule has 3 aromatic rings. The molecule has 0 atom stereocenters. The van der Waals surface area contributed by atoms with Crippen LogP contribution in [0.5, 0.6) is 0 Å². The molecule has 1 aromatic carbocycles. The Hall–Kier alpha value is -3.09. The van der Waals surface area contributed by atoms with Crippen LogP contribution in [0.2, 0.25) is 0 Å². The average Bonchev–Trinajstić information content (AvgIpc) is 3.07. The lowest BCUT2D eigenvalue weighted by atomic mass is 9.93. The SMILES string of the molecule is O=C1CCc2cc(Nc3nc(NC4CCC4)c4cc[nH]c4n3)ccc2N1. The van der Waals surface area contributed by atoms with E-state index in [0.29, 0.717) is 18.4 Å². The van der Waals surface area contributed by atoms with Gasteiger partial charge in [0.05, 0.1) is 5.39 Å². The fourth-order valence-corrected chi connectivity index (χ4v) is 3.44. The summed E-state index contributed by atoms with van der Waals surface area (Å²) in [5.41, 5.74) is 3.75. The number of hydrogen-bond acceptors (Lipinski definition) is 5. The van der Waals surface area contributed by atoms with Crippen molar-refractivity contribution in [1.82, 2.24) is 15.0 Å². The van der Waals surface area contributed by atoms with Crippen LogP contribution in [0.3, 0.4) is 0 Å². The molecular formula is C19H20N6O. The molecule has 4 N–H and O–H groups in total. The van der Waals surface area contributed by atoms with Gasteiger partial charge in [-0.1, -0.05) is 0 Å². The quantitative estimate of drug-likeness (QED) is 0.578. The third kappa shape index (κ3) is 2.75. The minimum absolute atomic E-state index is 0.0745. The normalized spacial score (nSPS) is 16.7. The number of carbonyl (C=O) groups is 1. The van der Waals surface area contributed by atoms with Gasteiger partial charge in [0.25, 0.3) is 0 Å². The van der Waals surface area contributed by atoms with Gasteiger partial charge in [-0.15, -0.1) is 0 Å². The highest BCUT2D eigenvalue weighted by Crippen LogP contribution is 2.30. The Balaban J connectivity index is 1.44. The molecule has 2 aromatic heterocycles. The number of rotatable bonds is 4. The summed E-state index contributed by atoms with van der Waals surface area (Å²) in [6.07, 6.45) is 6.81. The molecule has 1 saturated carbocycles. The topological polar surface area (TPSA) is 94.7 Å². The molecule has 1 aliphatic heterocycles. The van der Waals surface area contributed by atoms with Gasteiger partial charge < -0.3 is 20.9 Å². The molecule has 0 radical (unpaired) electrons. The summed E-state index contributed by atoms with van der Waals surface area (Å²) in [4.78, 5) is 23.9. The number of aromatic nitrogens is 3. The maximum atomic E-state index is 11.5. The first-order chi connectivity index (χ1) is 12.7. The molecule has 0 bridgehead atoms. The van der Waals surface area contributed by atoms with Crippen LogP contribution in [0.15, 0.2) is 30.5 Å². The maximum absolute atomic E-state index is 11.5. The monoisotopic (exact) mass is 348 g/mol. The first-order valence-electron chi connectivity index (χ1n) is 9.06. The number of nitrogens with zero attached hydrogens (tertiary/aromatic N) is 2. The van der Waals surface area contributed by atoms with Crippen molar-refractivity contribution < 1.29 is 4.79 Å². The van der Waals surface area contributed by atoms with Gasteiger partial charge in [-0.3, -0.25) is 4.79 Å². The third-order valence-corrected chi connectivity index (χ3v) is 5.12. The first kappa shape index (κ1) is 15.2. The van der Waals surface area contributed by atoms with Crippen molar-refractivity contribution in [2.45, 2.75) is 38.1 Å². The van der Waals surface area contributed by atoms with Crippen molar-refractivity contribution in [3.8, 4) is 0 Å². The second kappa shape index (κ2) is 6.01. The Morgan fingerprint density at radius 3 is 2.88 bits per heavy atom. The molecule has 7 nitrogen and oxygen atoms in total. The van der Waals surface area contributed by atoms with Crippen LogP contribution >= 0.6 is 0 Å². The van der Waals surface area contributed by atoms with Gasteiger partial charge in [0, 0.05) is 30.0 Å². The standard InChI is InChI=1S/C19H20N6O/c26-16-7-4-11-10-13(5-6-15(11)23-16)22-19-24-17-14(8-9-20-17)18(25-19)21-12-2-1-3-12/h5-6,8-10,12H,1-4,7H2,(H,23,26)(H3,20,21,22,24,25). The molecule has 1 fully saturated rings. The molecule has 3 heterocycles. The Labute approximate surface area is 150 Å². The summed E-state index contributed by atoms with van der Waals surface area (Å²) >= 11 is 0. The summed E-state index contributed by atoms with van der Waals surface area (Å²) in [5, 5.41) is 10.7. The molecule has 0 spiro atoms. The van der Waals surface area contributed by atoms with Crippen molar-refractivity contribution in [3.63, 3.8) is 0 Å². The number of nitrogens with one attached hydrogen (secondary N) is 4. The van der Waals surface area contributed by atoms with Gasteiger partial charge in [-0.05, 0) is 55.5 Å². The Morgan fingerprint density at radius 1 is 1.12 bits per heavy atom. The van der Waals surface area contributed by atoms with Crippen molar-refractivity contribution in [1.29, 1.82) is 0 Å². The zero-order chi connectivity index (χ0) is 17.5. The van der Waals surface area contributed by atoms with E-state index >= 15 is 0 Å². The number of aromatic amines is 1. The van der Waals surface area contributed by atoms with E-state index in [4.69, 9.17) is 4.98 Å². The molecule has 5 rings (SSSR count). The van der Waals surface area contributed by atoms with E-state index < -0.39 is 0 Å². The van der Waals surface area contributed by atoms with Gasteiger partial charge in [-0.2, -0.15) is 9.97 Å². The van der Waals surface area contributed by atoms with Crippen LogP contribution in [-0.4, -0.2) is 26.9 Å². The lowest BCUT2D eigenvalue weighted by Gasteiger charge is -2.27. The first-order valence-corrected chi connectivity index (χ1v) is 9.06.